The quantitative estimate of drug-likeness (QED) is 0.793. The molecule has 2 amide bonds. The van der Waals surface area contributed by atoms with E-state index in [1.165, 1.54) is 0 Å². The fourth-order valence-corrected chi connectivity index (χ4v) is 2.07. The van der Waals surface area contributed by atoms with Crippen molar-refractivity contribution in [3.05, 3.63) is 0 Å². The summed E-state index contributed by atoms with van der Waals surface area (Å²) < 4.78 is 36.7. The van der Waals surface area contributed by atoms with Gasteiger partial charge in [0, 0.05) is 19.5 Å². The Morgan fingerprint density at radius 1 is 1.45 bits per heavy atom. The molecular formula is C11H15F3N2O4. The van der Waals surface area contributed by atoms with Gasteiger partial charge < -0.3 is 14.9 Å². The van der Waals surface area contributed by atoms with E-state index in [9.17, 15) is 27.6 Å². The Morgan fingerprint density at radius 3 is 2.50 bits per heavy atom. The molecule has 1 atom stereocenters. The summed E-state index contributed by atoms with van der Waals surface area (Å²) in [6, 6.07) is 0. The molecule has 20 heavy (non-hydrogen) atoms. The topological polar surface area (TPSA) is 77.9 Å². The first-order valence-corrected chi connectivity index (χ1v) is 5.99. The first kappa shape index (κ1) is 16.3. The lowest BCUT2D eigenvalue weighted by molar-refractivity contribution is -0.157. The number of carboxylic acid groups (broad SMARTS) is 1. The molecule has 1 N–H and O–H groups in total. The summed E-state index contributed by atoms with van der Waals surface area (Å²) in [5, 5.41) is 8.64. The molecule has 0 radical (unpaired) electrons. The van der Waals surface area contributed by atoms with Crippen LogP contribution in [0.3, 0.4) is 0 Å². The number of hydrogen-bond acceptors (Lipinski definition) is 3. The molecule has 0 bridgehead atoms. The highest BCUT2D eigenvalue weighted by molar-refractivity contribution is 5.90. The summed E-state index contributed by atoms with van der Waals surface area (Å²) in [6.45, 7) is -0.562. The van der Waals surface area contributed by atoms with Gasteiger partial charge in [-0.1, -0.05) is 0 Å². The maximum Gasteiger partial charge on any atom is 0.406 e. The maximum atomic E-state index is 12.2. The Kier molecular flexibility index (Phi) is 4.96. The smallest absolute Gasteiger partial charge is 0.406 e. The average Bonchev–Trinajstić information content (AvgIpc) is 2.64. The average molecular weight is 296 g/mol. The van der Waals surface area contributed by atoms with Crippen molar-refractivity contribution < 1.29 is 32.7 Å². The van der Waals surface area contributed by atoms with E-state index in [0.717, 1.165) is 4.90 Å². The molecule has 1 saturated heterocycles. The Bertz CT molecular complexity index is 411. The van der Waals surface area contributed by atoms with Gasteiger partial charge >= 0.3 is 12.1 Å². The number of carboxylic acids is 1. The van der Waals surface area contributed by atoms with Crippen molar-refractivity contribution in [1.29, 1.82) is 0 Å². The maximum absolute atomic E-state index is 12.2. The highest BCUT2D eigenvalue weighted by Crippen LogP contribution is 2.25. The third-order valence-corrected chi connectivity index (χ3v) is 2.95. The summed E-state index contributed by atoms with van der Waals surface area (Å²) in [5.41, 5.74) is 0. The molecule has 1 fully saturated rings. The van der Waals surface area contributed by atoms with Gasteiger partial charge in [-0.2, -0.15) is 13.2 Å². The number of rotatable bonds is 5. The Labute approximate surface area is 113 Å². The number of halogens is 3. The minimum atomic E-state index is -4.51. The van der Waals surface area contributed by atoms with Gasteiger partial charge in [0.15, 0.2) is 0 Å². The zero-order valence-corrected chi connectivity index (χ0v) is 10.8. The molecule has 0 aromatic rings. The number of nitrogens with zero attached hydrogens (tertiary/aromatic N) is 2. The van der Waals surface area contributed by atoms with Crippen molar-refractivity contribution >= 4 is 17.8 Å². The van der Waals surface area contributed by atoms with Crippen LogP contribution in [0.4, 0.5) is 13.2 Å². The van der Waals surface area contributed by atoms with Crippen molar-refractivity contribution in [3.63, 3.8) is 0 Å². The van der Waals surface area contributed by atoms with Gasteiger partial charge in [-0.15, -0.1) is 0 Å². The molecule has 0 spiro atoms. The van der Waals surface area contributed by atoms with Crippen LogP contribution >= 0.6 is 0 Å². The Morgan fingerprint density at radius 2 is 2.05 bits per heavy atom. The molecule has 0 aliphatic carbocycles. The molecular weight excluding hydrogens is 281 g/mol. The van der Waals surface area contributed by atoms with Crippen molar-refractivity contribution in [2.75, 3.05) is 26.2 Å². The molecule has 1 aliphatic rings. The van der Waals surface area contributed by atoms with Crippen molar-refractivity contribution in [2.24, 2.45) is 5.92 Å². The molecule has 0 saturated carbocycles. The predicted molar refractivity (Wildman–Crippen MR) is 60.6 cm³/mol. The fourth-order valence-electron chi connectivity index (χ4n) is 2.07. The lowest BCUT2D eigenvalue weighted by Gasteiger charge is -2.22. The summed E-state index contributed by atoms with van der Waals surface area (Å²) >= 11 is 0. The number of likely N-dealkylation sites (tertiary alicyclic amines) is 1. The monoisotopic (exact) mass is 296 g/mol. The molecule has 1 rings (SSSR count). The molecule has 9 heteroatoms. The van der Waals surface area contributed by atoms with E-state index in [1.54, 1.807) is 6.92 Å². The summed E-state index contributed by atoms with van der Waals surface area (Å²) in [7, 11) is 0. The lowest BCUT2D eigenvalue weighted by Crippen LogP contribution is -2.41. The first-order valence-electron chi connectivity index (χ1n) is 5.99. The number of aliphatic carboxylic acids is 1. The second-order valence-corrected chi connectivity index (χ2v) is 4.54. The Balaban J connectivity index is 2.67. The van der Waals surface area contributed by atoms with Gasteiger partial charge in [0.1, 0.15) is 13.1 Å². The van der Waals surface area contributed by atoms with Gasteiger partial charge in [0.05, 0.1) is 5.92 Å². The molecule has 1 heterocycles. The van der Waals surface area contributed by atoms with Gasteiger partial charge in [0.25, 0.3) is 0 Å². The van der Waals surface area contributed by atoms with Gasteiger partial charge in [-0.25, -0.2) is 0 Å². The number of alkyl halides is 3. The van der Waals surface area contributed by atoms with E-state index in [2.05, 4.69) is 0 Å². The minimum Gasteiger partial charge on any atom is -0.480 e. The van der Waals surface area contributed by atoms with Crippen LogP contribution < -0.4 is 0 Å². The summed E-state index contributed by atoms with van der Waals surface area (Å²) in [5.74, 6) is -3.47. The van der Waals surface area contributed by atoms with E-state index in [-0.39, 0.29) is 19.5 Å². The second kappa shape index (κ2) is 6.10. The minimum absolute atomic E-state index is 0.120. The van der Waals surface area contributed by atoms with E-state index in [4.69, 9.17) is 5.11 Å². The highest BCUT2D eigenvalue weighted by atomic mass is 19.4. The van der Waals surface area contributed by atoms with Crippen molar-refractivity contribution in [3.8, 4) is 0 Å². The van der Waals surface area contributed by atoms with Gasteiger partial charge in [-0.05, 0) is 6.92 Å². The first-order chi connectivity index (χ1) is 9.14. The normalized spacial score (nSPS) is 19.3. The second-order valence-electron chi connectivity index (χ2n) is 4.54. The zero-order chi connectivity index (χ0) is 15.5. The van der Waals surface area contributed by atoms with Gasteiger partial charge in [0.2, 0.25) is 11.8 Å². The van der Waals surface area contributed by atoms with Crippen LogP contribution in [0.15, 0.2) is 0 Å². The number of likely N-dealkylation sites (N-methyl/N-ethyl adjacent to an activating group) is 1. The van der Waals surface area contributed by atoms with Crippen molar-refractivity contribution in [2.45, 2.75) is 19.5 Å². The van der Waals surface area contributed by atoms with Crippen LogP contribution in [0, 0.1) is 5.92 Å². The standard InChI is InChI=1S/C11H15F3N2O4/c1-2-15(5-9(18)19)10(20)7-3-8(17)16(4-7)6-11(12,13)14/h7H,2-6H2,1H3,(H,18,19). The van der Waals surface area contributed by atoms with E-state index < -0.39 is 43.0 Å². The fraction of sp³-hybridized carbons (Fsp3) is 0.727. The van der Waals surface area contributed by atoms with E-state index >= 15 is 0 Å². The highest BCUT2D eigenvalue weighted by Gasteiger charge is 2.41. The predicted octanol–water partition coefficient (Wildman–Crippen LogP) is 0.330. The number of carbonyl (C=O) groups excluding carboxylic acids is 2. The van der Waals surface area contributed by atoms with Crippen LogP contribution in [0.2, 0.25) is 0 Å². The number of hydrogen-bond donors (Lipinski definition) is 1. The molecule has 1 aliphatic heterocycles. The summed E-state index contributed by atoms with van der Waals surface area (Å²) in [4.78, 5) is 35.6. The van der Waals surface area contributed by atoms with Crippen LogP contribution in [0.1, 0.15) is 13.3 Å². The summed E-state index contributed by atoms with van der Waals surface area (Å²) in [6.07, 6.45) is -4.83. The number of carbonyl (C=O) groups is 3. The molecule has 0 aromatic carbocycles. The molecule has 0 aromatic heterocycles. The largest absolute Gasteiger partial charge is 0.480 e. The third-order valence-electron chi connectivity index (χ3n) is 2.95. The van der Waals surface area contributed by atoms with Crippen LogP contribution in [0.25, 0.3) is 0 Å². The Hall–Kier alpha value is -1.80. The molecule has 6 nitrogen and oxygen atoms in total. The van der Waals surface area contributed by atoms with Crippen molar-refractivity contribution in [1.82, 2.24) is 9.80 Å². The lowest BCUT2D eigenvalue weighted by atomic mass is 10.1. The van der Waals surface area contributed by atoms with Crippen LogP contribution in [-0.2, 0) is 14.4 Å². The van der Waals surface area contributed by atoms with Crippen LogP contribution in [-0.4, -0.2) is 65.0 Å². The van der Waals surface area contributed by atoms with E-state index in [1.807, 2.05) is 0 Å². The van der Waals surface area contributed by atoms with E-state index in [0.29, 0.717) is 4.90 Å². The molecule has 114 valence electrons. The number of amides is 2. The zero-order valence-electron chi connectivity index (χ0n) is 10.8. The van der Waals surface area contributed by atoms with Gasteiger partial charge in [-0.3, -0.25) is 14.4 Å². The third kappa shape index (κ3) is 4.39. The SMILES string of the molecule is CCN(CC(=O)O)C(=O)C1CC(=O)N(CC(F)(F)F)C1. The van der Waals surface area contributed by atoms with Crippen LogP contribution in [0.5, 0.6) is 0 Å². The molecule has 1 unspecified atom stereocenters.